The number of anilines is 1. The van der Waals surface area contributed by atoms with Gasteiger partial charge < -0.3 is 10.2 Å². The number of benzene rings is 2. The summed E-state index contributed by atoms with van der Waals surface area (Å²) in [6, 6.07) is 17.4. The second-order valence-corrected chi connectivity index (χ2v) is 8.96. The SMILES string of the molecule is O=C(CN1C(=O)C(c2ccc(-c3ccccn3)cc2)=NC12CCCC2)Nc1cccc(C(F)(F)F)c1. The second-order valence-electron chi connectivity index (χ2n) is 8.96. The largest absolute Gasteiger partial charge is 0.416 e. The normalized spacial score (nSPS) is 16.9. The Morgan fingerprint density at radius 2 is 1.69 bits per heavy atom. The highest BCUT2D eigenvalue weighted by molar-refractivity contribution is 6.47. The Balaban J connectivity index is 1.35. The first-order valence-corrected chi connectivity index (χ1v) is 11.7. The highest BCUT2D eigenvalue weighted by Crippen LogP contribution is 2.41. The van der Waals surface area contributed by atoms with Crippen LogP contribution in [0.1, 0.15) is 36.8 Å². The molecule has 2 amide bonds. The number of carbonyl (C=O) groups is 2. The van der Waals surface area contributed by atoms with Crippen LogP contribution in [0.2, 0.25) is 0 Å². The van der Waals surface area contributed by atoms with E-state index >= 15 is 0 Å². The Bertz CT molecular complexity index is 1310. The Kier molecular flexibility index (Phi) is 6.07. The predicted octanol–water partition coefficient (Wildman–Crippen LogP) is 5.31. The summed E-state index contributed by atoms with van der Waals surface area (Å²) in [7, 11) is 0. The minimum Gasteiger partial charge on any atom is -0.325 e. The number of amides is 2. The van der Waals surface area contributed by atoms with E-state index in [1.54, 1.807) is 6.20 Å². The van der Waals surface area contributed by atoms with Crippen LogP contribution in [0.25, 0.3) is 11.3 Å². The van der Waals surface area contributed by atoms with Crippen molar-refractivity contribution in [2.24, 2.45) is 4.99 Å². The van der Waals surface area contributed by atoms with Gasteiger partial charge in [-0.25, -0.2) is 0 Å². The van der Waals surface area contributed by atoms with Crippen molar-refractivity contribution in [1.29, 1.82) is 0 Å². The number of carbonyl (C=O) groups excluding carboxylic acids is 2. The average molecular weight is 493 g/mol. The molecule has 0 saturated heterocycles. The molecule has 6 nitrogen and oxygen atoms in total. The minimum atomic E-state index is -4.52. The highest BCUT2D eigenvalue weighted by Gasteiger charge is 2.49. The highest BCUT2D eigenvalue weighted by atomic mass is 19.4. The van der Waals surface area contributed by atoms with Crippen LogP contribution in [0.5, 0.6) is 0 Å². The summed E-state index contributed by atoms with van der Waals surface area (Å²) >= 11 is 0. The molecule has 0 bridgehead atoms. The third-order valence-electron chi connectivity index (χ3n) is 6.57. The molecule has 1 spiro atoms. The van der Waals surface area contributed by atoms with Crippen LogP contribution < -0.4 is 5.32 Å². The van der Waals surface area contributed by atoms with Crippen LogP contribution in [0.15, 0.2) is 77.9 Å². The molecule has 184 valence electrons. The van der Waals surface area contributed by atoms with Gasteiger partial charge >= 0.3 is 6.18 Å². The molecule has 2 heterocycles. The number of hydrogen-bond donors (Lipinski definition) is 1. The zero-order chi connectivity index (χ0) is 25.3. The molecular weight excluding hydrogens is 469 g/mol. The van der Waals surface area contributed by atoms with Crippen molar-refractivity contribution in [1.82, 2.24) is 9.88 Å². The van der Waals surface area contributed by atoms with Gasteiger partial charge in [0.15, 0.2) is 0 Å². The van der Waals surface area contributed by atoms with Gasteiger partial charge in [-0.3, -0.25) is 19.6 Å². The minimum absolute atomic E-state index is 0.0215. The van der Waals surface area contributed by atoms with Crippen LogP contribution in [0, 0.1) is 0 Å². The molecule has 1 fully saturated rings. The number of nitrogens with one attached hydrogen (secondary N) is 1. The van der Waals surface area contributed by atoms with Crippen LogP contribution in [0.4, 0.5) is 18.9 Å². The topological polar surface area (TPSA) is 74.7 Å². The van der Waals surface area contributed by atoms with Gasteiger partial charge in [-0.2, -0.15) is 13.2 Å². The van der Waals surface area contributed by atoms with Crippen LogP contribution in [-0.4, -0.2) is 39.6 Å². The van der Waals surface area contributed by atoms with Crippen molar-refractivity contribution in [2.75, 3.05) is 11.9 Å². The average Bonchev–Trinajstić information content (AvgIpc) is 3.45. The van der Waals surface area contributed by atoms with E-state index in [0.717, 1.165) is 36.2 Å². The van der Waals surface area contributed by atoms with Crippen molar-refractivity contribution in [3.8, 4) is 11.3 Å². The van der Waals surface area contributed by atoms with Gasteiger partial charge in [0.2, 0.25) is 5.91 Å². The quantitative estimate of drug-likeness (QED) is 0.525. The second kappa shape index (κ2) is 9.22. The van der Waals surface area contributed by atoms with E-state index in [-0.39, 0.29) is 23.9 Å². The van der Waals surface area contributed by atoms with Crippen LogP contribution >= 0.6 is 0 Å². The number of aromatic nitrogens is 1. The number of halogens is 3. The fourth-order valence-electron chi connectivity index (χ4n) is 4.81. The lowest BCUT2D eigenvalue weighted by Crippen LogP contribution is -2.48. The van der Waals surface area contributed by atoms with Crippen molar-refractivity contribution >= 4 is 23.2 Å². The monoisotopic (exact) mass is 492 g/mol. The summed E-state index contributed by atoms with van der Waals surface area (Å²) in [5.74, 6) is -0.933. The molecule has 36 heavy (non-hydrogen) atoms. The Morgan fingerprint density at radius 1 is 0.972 bits per heavy atom. The van der Waals surface area contributed by atoms with Gasteiger partial charge in [0, 0.05) is 23.0 Å². The van der Waals surface area contributed by atoms with E-state index in [2.05, 4.69) is 10.3 Å². The standard InChI is InChI=1S/C27H23F3N4O2/c28-27(29,30)20-6-5-7-21(16-20)32-23(35)17-34-25(36)24(33-26(34)13-2-3-14-26)19-11-9-18(10-12-19)22-8-1-4-15-31-22/h1,4-12,15-16H,2-3,13-14,17H2,(H,32,35). The van der Waals surface area contributed by atoms with E-state index in [0.29, 0.717) is 18.4 Å². The maximum atomic E-state index is 13.4. The maximum absolute atomic E-state index is 13.4. The van der Waals surface area contributed by atoms with E-state index in [4.69, 9.17) is 4.99 Å². The number of hydrogen-bond acceptors (Lipinski definition) is 4. The van der Waals surface area contributed by atoms with Crippen LogP contribution in [0.3, 0.4) is 0 Å². The molecule has 1 aromatic heterocycles. The van der Waals surface area contributed by atoms with Gasteiger partial charge in [-0.1, -0.05) is 36.4 Å². The molecule has 1 N–H and O–H groups in total. The number of alkyl halides is 3. The Morgan fingerprint density at radius 3 is 2.36 bits per heavy atom. The number of nitrogens with zero attached hydrogens (tertiary/aromatic N) is 3. The zero-order valence-corrected chi connectivity index (χ0v) is 19.3. The maximum Gasteiger partial charge on any atom is 0.416 e. The number of rotatable bonds is 5. The lowest BCUT2D eigenvalue weighted by atomic mass is 10.0. The summed E-state index contributed by atoms with van der Waals surface area (Å²) in [4.78, 5) is 36.9. The van der Waals surface area contributed by atoms with Crippen molar-refractivity contribution in [3.05, 3.63) is 84.1 Å². The van der Waals surface area contributed by atoms with E-state index < -0.39 is 23.3 Å². The summed E-state index contributed by atoms with van der Waals surface area (Å²) in [6.45, 7) is -0.298. The summed E-state index contributed by atoms with van der Waals surface area (Å²) in [6.07, 6.45) is 0.188. The molecular formula is C27H23F3N4O2. The molecule has 0 radical (unpaired) electrons. The van der Waals surface area contributed by atoms with Gasteiger partial charge in [-0.15, -0.1) is 0 Å². The fourth-order valence-corrected chi connectivity index (χ4v) is 4.81. The van der Waals surface area contributed by atoms with Gasteiger partial charge in [-0.05, 0) is 56.0 Å². The molecule has 1 aliphatic carbocycles. The molecule has 9 heteroatoms. The summed E-state index contributed by atoms with van der Waals surface area (Å²) < 4.78 is 39.1. The van der Waals surface area contributed by atoms with Gasteiger partial charge in [0.1, 0.15) is 17.9 Å². The van der Waals surface area contributed by atoms with Crippen molar-refractivity contribution in [3.63, 3.8) is 0 Å². The molecule has 2 aliphatic rings. The molecule has 1 saturated carbocycles. The van der Waals surface area contributed by atoms with Gasteiger partial charge in [0.05, 0.1) is 11.3 Å². The lowest BCUT2D eigenvalue weighted by molar-refractivity contribution is -0.137. The first-order chi connectivity index (χ1) is 17.2. The molecule has 0 atom stereocenters. The molecule has 5 rings (SSSR count). The zero-order valence-electron chi connectivity index (χ0n) is 19.3. The number of aliphatic imine (C=N–C) groups is 1. The first kappa shape index (κ1) is 23.7. The summed E-state index contributed by atoms with van der Waals surface area (Å²) in [5.41, 5.74) is 1.00. The molecule has 3 aromatic rings. The van der Waals surface area contributed by atoms with E-state index in [1.807, 2.05) is 42.5 Å². The van der Waals surface area contributed by atoms with E-state index in [9.17, 15) is 22.8 Å². The summed E-state index contributed by atoms with van der Waals surface area (Å²) in [5, 5.41) is 2.50. The number of pyridine rings is 1. The Labute approximate surface area is 205 Å². The molecule has 0 unspecified atom stereocenters. The molecule has 2 aromatic carbocycles. The third kappa shape index (κ3) is 4.60. The predicted molar refractivity (Wildman–Crippen MR) is 129 cm³/mol. The molecule has 1 aliphatic heterocycles. The fraction of sp³-hybridized carbons (Fsp3) is 0.259. The smallest absolute Gasteiger partial charge is 0.325 e. The van der Waals surface area contributed by atoms with Crippen molar-refractivity contribution < 1.29 is 22.8 Å². The Hall–Kier alpha value is -4.01. The van der Waals surface area contributed by atoms with Crippen LogP contribution in [-0.2, 0) is 15.8 Å². The van der Waals surface area contributed by atoms with Gasteiger partial charge in [0.25, 0.3) is 5.91 Å². The van der Waals surface area contributed by atoms with E-state index in [1.165, 1.54) is 17.0 Å². The third-order valence-corrected chi connectivity index (χ3v) is 6.57. The lowest BCUT2D eigenvalue weighted by Gasteiger charge is -2.32. The first-order valence-electron chi connectivity index (χ1n) is 11.7. The van der Waals surface area contributed by atoms with Crippen molar-refractivity contribution in [2.45, 2.75) is 37.5 Å².